The number of methoxy groups -OCH3 is 2. The summed E-state index contributed by atoms with van der Waals surface area (Å²) in [5, 5.41) is 0.304. The second kappa shape index (κ2) is 7.26. The van der Waals surface area contributed by atoms with Crippen LogP contribution in [-0.2, 0) is 15.7 Å². The van der Waals surface area contributed by atoms with E-state index < -0.39 is 11.7 Å². The first-order valence-electron chi connectivity index (χ1n) is 8.20. The Morgan fingerprint density at radius 2 is 1.78 bits per heavy atom. The van der Waals surface area contributed by atoms with Crippen LogP contribution in [0.4, 0.5) is 18.3 Å². The average Bonchev–Trinajstić information content (AvgIpc) is 3.02. The molecule has 8 heteroatoms. The van der Waals surface area contributed by atoms with E-state index in [1.54, 1.807) is 13.2 Å². The zero-order valence-electron chi connectivity index (χ0n) is 15.0. The molecular weight excluding hydrogens is 377 g/mol. The Balaban J connectivity index is 2.08. The van der Waals surface area contributed by atoms with Gasteiger partial charge >= 0.3 is 6.18 Å². The molecule has 0 fully saturated rings. The molecule has 1 aromatic heterocycles. The van der Waals surface area contributed by atoms with E-state index >= 15 is 0 Å². The van der Waals surface area contributed by atoms with E-state index in [0.29, 0.717) is 32.8 Å². The van der Waals surface area contributed by atoms with Gasteiger partial charge in [-0.15, -0.1) is 0 Å². The predicted octanol–water partition coefficient (Wildman–Crippen LogP) is 5.21. The first kappa shape index (κ1) is 19.3. The number of anilines is 1. The number of hydrogen-bond acceptors (Lipinski definition) is 5. The SMILES string of the molecule is COC1=CC(C)C(c2nc(N)sc2-c2cccc(C(F)(F)F)c2)C=C1OC. The monoisotopic (exact) mass is 396 g/mol. The number of ether oxygens (including phenoxy) is 2. The van der Waals surface area contributed by atoms with Crippen molar-refractivity contribution in [3.63, 3.8) is 0 Å². The van der Waals surface area contributed by atoms with Gasteiger partial charge in [0.05, 0.1) is 30.4 Å². The molecule has 1 aromatic carbocycles. The minimum absolute atomic E-state index is 0.00454. The van der Waals surface area contributed by atoms with Crippen molar-refractivity contribution in [1.29, 1.82) is 0 Å². The molecule has 0 saturated carbocycles. The fourth-order valence-electron chi connectivity index (χ4n) is 3.11. The van der Waals surface area contributed by atoms with E-state index in [2.05, 4.69) is 4.98 Å². The second-order valence-electron chi connectivity index (χ2n) is 6.20. The van der Waals surface area contributed by atoms with E-state index in [1.165, 1.54) is 24.5 Å². The van der Waals surface area contributed by atoms with Gasteiger partial charge in [0.1, 0.15) is 0 Å². The number of alkyl halides is 3. The van der Waals surface area contributed by atoms with E-state index in [0.717, 1.165) is 12.1 Å². The molecule has 1 aliphatic carbocycles. The Hall–Kier alpha value is -2.48. The van der Waals surface area contributed by atoms with Crippen molar-refractivity contribution in [3.8, 4) is 10.4 Å². The number of nitrogens with zero attached hydrogens (tertiary/aromatic N) is 1. The Bertz CT molecular complexity index is 903. The van der Waals surface area contributed by atoms with Crippen LogP contribution in [0.25, 0.3) is 10.4 Å². The predicted molar refractivity (Wildman–Crippen MR) is 99.1 cm³/mol. The number of nitrogen functional groups attached to an aromatic ring is 1. The summed E-state index contributed by atoms with van der Waals surface area (Å²) >= 11 is 1.18. The van der Waals surface area contributed by atoms with E-state index in [4.69, 9.17) is 15.2 Å². The van der Waals surface area contributed by atoms with Gasteiger partial charge in [0.25, 0.3) is 0 Å². The molecule has 144 valence electrons. The molecule has 1 aliphatic rings. The van der Waals surface area contributed by atoms with Crippen molar-refractivity contribution in [3.05, 3.63) is 59.2 Å². The smallest absolute Gasteiger partial charge is 0.416 e. The molecule has 2 N–H and O–H groups in total. The quantitative estimate of drug-likeness (QED) is 0.771. The summed E-state index contributed by atoms with van der Waals surface area (Å²) in [6, 6.07) is 5.20. The molecule has 0 saturated heterocycles. The zero-order chi connectivity index (χ0) is 19.8. The average molecular weight is 396 g/mol. The molecule has 2 unspecified atom stereocenters. The summed E-state index contributed by atoms with van der Waals surface area (Å²) in [4.78, 5) is 5.04. The van der Waals surface area contributed by atoms with Crippen molar-refractivity contribution in [2.45, 2.75) is 19.0 Å². The summed E-state index contributed by atoms with van der Waals surface area (Å²) in [6.45, 7) is 1.98. The third kappa shape index (κ3) is 3.80. The van der Waals surface area contributed by atoms with Crippen LogP contribution in [0.5, 0.6) is 0 Å². The van der Waals surface area contributed by atoms with E-state index in [-0.39, 0.29) is 11.8 Å². The van der Waals surface area contributed by atoms with Crippen LogP contribution in [0.15, 0.2) is 47.9 Å². The van der Waals surface area contributed by atoms with Crippen LogP contribution in [0.1, 0.15) is 24.1 Å². The number of allylic oxidation sites excluding steroid dienone is 2. The molecule has 27 heavy (non-hydrogen) atoms. The van der Waals surface area contributed by atoms with Crippen LogP contribution in [0.3, 0.4) is 0 Å². The van der Waals surface area contributed by atoms with Gasteiger partial charge in [-0.05, 0) is 35.8 Å². The van der Waals surface area contributed by atoms with Gasteiger partial charge in [-0.3, -0.25) is 0 Å². The molecule has 0 bridgehead atoms. The lowest BCUT2D eigenvalue weighted by Crippen LogP contribution is -2.15. The van der Waals surface area contributed by atoms with Crippen LogP contribution in [-0.4, -0.2) is 19.2 Å². The molecule has 0 aliphatic heterocycles. The summed E-state index contributed by atoms with van der Waals surface area (Å²) in [6.07, 6.45) is -0.631. The minimum atomic E-state index is -4.41. The van der Waals surface area contributed by atoms with Crippen LogP contribution in [0, 0.1) is 5.92 Å². The molecule has 1 heterocycles. The maximum atomic E-state index is 13.1. The lowest BCUT2D eigenvalue weighted by Gasteiger charge is -2.25. The fraction of sp³-hybridized carbons (Fsp3) is 0.316. The van der Waals surface area contributed by atoms with Crippen LogP contribution < -0.4 is 5.73 Å². The number of halogens is 3. The summed E-state index contributed by atoms with van der Waals surface area (Å²) < 4.78 is 50.0. The Labute approximate surface area is 159 Å². The number of aromatic nitrogens is 1. The highest BCUT2D eigenvalue weighted by Gasteiger charge is 2.32. The lowest BCUT2D eigenvalue weighted by molar-refractivity contribution is -0.137. The normalized spacial score (nSPS) is 20.1. The number of nitrogens with two attached hydrogens (primary N) is 1. The topological polar surface area (TPSA) is 57.4 Å². The maximum absolute atomic E-state index is 13.1. The maximum Gasteiger partial charge on any atom is 0.416 e. The van der Waals surface area contributed by atoms with Gasteiger partial charge in [-0.1, -0.05) is 30.4 Å². The van der Waals surface area contributed by atoms with Gasteiger partial charge in [0.2, 0.25) is 0 Å². The van der Waals surface area contributed by atoms with Gasteiger partial charge in [0, 0.05) is 5.92 Å². The van der Waals surface area contributed by atoms with Crippen molar-refractivity contribution in [2.24, 2.45) is 5.92 Å². The van der Waals surface area contributed by atoms with E-state index in [1.807, 2.05) is 19.1 Å². The van der Waals surface area contributed by atoms with Gasteiger partial charge < -0.3 is 15.2 Å². The Kier molecular flexibility index (Phi) is 5.19. The number of benzene rings is 1. The highest BCUT2D eigenvalue weighted by atomic mass is 32.1. The largest absolute Gasteiger partial charge is 0.493 e. The van der Waals surface area contributed by atoms with Gasteiger partial charge in [0.15, 0.2) is 16.6 Å². The van der Waals surface area contributed by atoms with Gasteiger partial charge in [-0.25, -0.2) is 4.98 Å². The molecule has 4 nitrogen and oxygen atoms in total. The fourth-order valence-corrected chi connectivity index (χ4v) is 3.99. The molecular formula is C19H19F3N2O2S. The minimum Gasteiger partial charge on any atom is -0.493 e. The van der Waals surface area contributed by atoms with Crippen LogP contribution >= 0.6 is 11.3 Å². The molecule has 0 amide bonds. The van der Waals surface area contributed by atoms with Crippen LogP contribution in [0.2, 0.25) is 0 Å². The first-order chi connectivity index (χ1) is 12.7. The third-order valence-corrected chi connectivity index (χ3v) is 5.38. The van der Waals surface area contributed by atoms with Crippen molar-refractivity contribution in [2.75, 3.05) is 20.0 Å². The Morgan fingerprint density at radius 3 is 2.41 bits per heavy atom. The van der Waals surface area contributed by atoms with Gasteiger partial charge in [-0.2, -0.15) is 13.2 Å². The lowest BCUT2D eigenvalue weighted by atomic mass is 9.85. The second-order valence-corrected chi connectivity index (χ2v) is 7.23. The summed E-state index contributed by atoms with van der Waals surface area (Å²) in [5.41, 5.74) is 6.27. The highest BCUT2D eigenvalue weighted by Crippen LogP contribution is 2.43. The molecule has 2 aromatic rings. The number of rotatable bonds is 4. The summed E-state index contributed by atoms with van der Waals surface area (Å²) in [5.74, 6) is 0.981. The zero-order valence-corrected chi connectivity index (χ0v) is 15.8. The first-order valence-corrected chi connectivity index (χ1v) is 9.02. The molecule has 2 atom stereocenters. The van der Waals surface area contributed by atoms with Crippen molar-refractivity contribution < 1.29 is 22.6 Å². The standard InChI is InChI=1S/C19H19F3N2O2S/c1-10-7-14(25-2)15(26-3)9-13(10)16-17(27-18(23)24-16)11-5-4-6-12(8-11)19(20,21)22/h4-10,13H,1-3H3,(H2,23,24). The summed E-state index contributed by atoms with van der Waals surface area (Å²) in [7, 11) is 3.09. The van der Waals surface area contributed by atoms with E-state index in [9.17, 15) is 13.2 Å². The third-order valence-electron chi connectivity index (χ3n) is 4.43. The number of hydrogen-bond donors (Lipinski definition) is 1. The molecule has 3 rings (SSSR count). The molecule has 0 radical (unpaired) electrons. The number of thiazole rings is 1. The Morgan fingerprint density at radius 1 is 1.11 bits per heavy atom. The molecule has 0 spiro atoms. The highest BCUT2D eigenvalue weighted by molar-refractivity contribution is 7.18. The van der Waals surface area contributed by atoms with Crippen molar-refractivity contribution >= 4 is 16.5 Å². The van der Waals surface area contributed by atoms with Crippen molar-refractivity contribution in [1.82, 2.24) is 4.98 Å².